The highest BCUT2D eigenvalue weighted by Crippen LogP contribution is 2.01. The highest BCUT2D eigenvalue weighted by Gasteiger charge is 1.81. The van der Waals surface area contributed by atoms with Crippen LogP contribution in [0.25, 0.3) is 0 Å². The fraction of sp³-hybridized carbons (Fsp3) is 1.00. The average molecular weight is 124 g/mol. The van der Waals surface area contributed by atoms with E-state index in [1.807, 2.05) is 0 Å². The lowest BCUT2D eigenvalue weighted by Crippen LogP contribution is -1.67. The van der Waals surface area contributed by atoms with Gasteiger partial charge in [0.25, 0.3) is 0 Å². The average Bonchev–Trinajstić information content (AvgIpc) is 1.35. The molecule has 0 saturated carbocycles. The Balaban J connectivity index is 3.07. The van der Waals surface area contributed by atoms with Gasteiger partial charge in [-0.1, -0.05) is 0 Å². The Kier molecular flexibility index (Phi) is 3.71. The molecule has 0 heterocycles. The van der Waals surface area contributed by atoms with Crippen molar-refractivity contribution in [2.45, 2.75) is 0 Å². The molecule has 0 amide bonds. The van der Waals surface area contributed by atoms with Crippen LogP contribution in [-0.2, 0) is 9.13 Å². The van der Waals surface area contributed by atoms with Gasteiger partial charge in [0.05, 0.1) is 6.16 Å². The standard InChI is InChI=1S/C2H6O2P2/c3-6(4)2-1-5/h1-2,5H2. The minimum Gasteiger partial charge on any atom is -0.237 e. The summed E-state index contributed by atoms with van der Waals surface area (Å²) in [5.74, 6) is 0. The Morgan fingerprint density at radius 2 is 2.00 bits per heavy atom. The van der Waals surface area contributed by atoms with Gasteiger partial charge < -0.3 is 0 Å². The second-order valence-corrected chi connectivity index (χ2v) is 2.54. The number of hydrogen-bond acceptors (Lipinski definition) is 2. The largest absolute Gasteiger partial charge is 0.316 e. The van der Waals surface area contributed by atoms with Crippen LogP contribution in [0.15, 0.2) is 0 Å². The van der Waals surface area contributed by atoms with Crippen molar-refractivity contribution in [3.8, 4) is 0 Å². The molecular formula is C2H6O2P2. The monoisotopic (exact) mass is 124 g/mol. The molecular weight excluding hydrogens is 118 g/mol. The summed E-state index contributed by atoms with van der Waals surface area (Å²) in [6.45, 7) is 0. The van der Waals surface area contributed by atoms with Gasteiger partial charge in [0.1, 0.15) is 0 Å². The van der Waals surface area contributed by atoms with E-state index in [0.29, 0.717) is 12.3 Å². The maximum Gasteiger partial charge on any atom is 0.316 e. The van der Waals surface area contributed by atoms with Crippen molar-refractivity contribution in [2.24, 2.45) is 0 Å². The number of hydrogen-bond donors (Lipinski definition) is 0. The van der Waals surface area contributed by atoms with Gasteiger partial charge in [0.15, 0.2) is 0 Å². The summed E-state index contributed by atoms with van der Waals surface area (Å²) >= 11 is 0. The quantitative estimate of drug-likeness (QED) is 0.515. The summed E-state index contributed by atoms with van der Waals surface area (Å²) < 4.78 is 19.2. The third kappa shape index (κ3) is 4.33. The molecule has 1 atom stereocenters. The molecule has 0 saturated heterocycles. The predicted octanol–water partition coefficient (Wildman–Crippen LogP) is 1.03. The zero-order valence-corrected chi connectivity index (χ0v) is 5.30. The van der Waals surface area contributed by atoms with Gasteiger partial charge in [-0.3, -0.25) is 0 Å². The predicted molar refractivity (Wildman–Crippen MR) is 27.7 cm³/mol. The molecule has 0 fully saturated rings. The fourth-order valence-electron chi connectivity index (χ4n) is 0.105. The van der Waals surface area contributed by atoms with Crippen molar-refractivity contribution in [1.29, 1.82) is 0 Å². The Labute approximate surface area is 39.3 Å². The van der Waals surface area contributed by atoms with Crippen molar-refractivity contribution in [2.75, 3.05) is 12.3 Å². The van der Waals surface area contributed by atoms with Crippen LogP contribution in [0.5, 0.6) is 0 Å². The van der Waals surface area contributed by atoms with Gasteiger partial charge >= 0.3 is 7.68 Å². The molecule has 0 bridgehead atoms. The molecule has 6 heavy (non-hydrogen) atoms. The molecule has 0 aromatic carbocycles. The smallest absolute Gasteiger partial charge is 0.237 e. The van der Waals surface area contributed by atoms with E-state index in [-0.39, 0.29) is 0 Å². The van der Waals surface area contributed by atoms with E-state index >= 15 is 0 Å². The lowest BCUT2D eigenvalue weighted by atomic mass is 11.0. The van der Waals surface area contributed by atoms with Crippen LogP contribution >= 0.6 is 16.9 Å². The van der Waals surface area contributed by atoms with E-state index in [9.17, 15) is 9.13 Å². The Morgan fingerprint density at radius 1 is 1.50 bits per heavy atom. The van der Waals surface area contributed by atoms with Crippen molar-refractivity contribution >= 4 is 16.9 Å². The second kappa shape index (κ2) is 3.52. The van der Waals surface area contributed by atoms with Gasteiger partial charge in [-0.15, -0.1) is 9.24 Å². The van der Waals surface area contributed by atoms with Crippen molar-refractivity contribution in [3.63, 3.8) is 0 Å². The van der Waals surface area contributed by atoms with Crippen molar-refractivity contribution < 1.29 is 9.13 Å². The summed E-state index contributed by atoms with van der Waals surface area (Å²) in [5.41, 5.74) is 0. The Hall–Kier alpha value is 0.330. The molecule has 4 heteroatoms. The summed E-state index contributed by atoms with van der Waals surface area (Å²) in [6.07, 6.45) is 0.943. The normalized spacial score (nSPS) is 8.17. The second-order valence-electron chi connectivity index (χ2n) is 0.845. The van der Waals surface area contributed by atoms with Gasteiger partial charge in [-0.2, -0.15) is 0 Å². The van der Waals surface area contributed by atoms with Crippen LogP contribution in [0.2, 0.25) is 0 Å². The topological polar surface area (TPSA) is 34.1 Å². The van der Waals surface area contributed by atoms with Gasteiger partial charge in [-0.25, -0.2) is 9.13 Å². The van der Waals surface area contributed by atoms with Gasteiger partial charge in [0, 0.05) is 0 Å². The van der Waals surface area contributed by atoms with Crippen LogP contribution < -0.4 is 0 Å². The van der Waals surface area contributed by atoms with Crippen molar-refractivity contribution in [1.82, 2.24) is 0 Å². The molecule has 0 spiro atoms. The van der Waals surface area contributed by atoms with E-state index < -0.39 is 7.68 Å². The van der Waals surface area contributed by atoms with Gasteiger partial charge in [-0.05, 0) is 6.16 Å². The van der Waals surface area contributed by atoms with Crippen LogP contribution in [0.3, 0.4) is 0 Å². The first-order valence-corrected chi connectivity index (χ1v) is 3.77. The molecule has 2 nitrogen and oxygen atoms in total. The SMILES string of the molecule is O=P(=O)CCP. The van der Waals surface area contributed by atoms with Crippen molar-refractivity contribution in [3.05, 3.63) is 0 Å². The van der Waals surface area contributed by atoms with E-state index in [4.69, 9.17) is 0 Å². The first kappa shape index (κ1) is 6.33. The summed E-state index contributed by atoms with van der Waals surface area (Å²) in [5, 5.41) is 0. The van der Waals surface area contributed by atoms with E-state index in [1.54, 1.807) is 0 Å². The molecule has 0 aliphatic heterocycles. The Bertz CT molecular complexity index is 77.5. The first-order valence-electron chi connectivity index (χ1n) is 1.59. The highest BCUT2D eigenvalue weighted by atomic mass is 31.1. The molecule has 0 rings (SSSR count). The zero-order chi connectivity index (χ0) is 4.99. The molecule has 1 unspecified atom stereocenters. The van der Waals surface area contributed by atoms with Crippen LogP contribution in [-0.4, -0.2) is 12.3 Å². The maximum atomic E-state index is 9.62. The summed E-state index contributed by atoms with van der Waals surface area (Å²) in [7, 11) is 0.218. The third-order valence-electron chi connectivity index (χ3n) is 0.312. The molecule has 0 aliphatic rings. The van der Waals surface area contributed by atoms with E-state index in [0.717, 1.165) is 0 Å². The maximum absolute atomic E-state index is 9.62. The molecule has 0 aromatic rings. The summed E-state index contributed by atoms with van der Waals surface area (Å²) in [4.78, 5) is 0. The number of rotatable bonds is 2. The lowest BCUT2D eigenvalue weighted by Gasteiger charge is -1.68. The van der Waals surface area contributed by atoms with Gasteiger partial charge in [0.2, 0.25) is 0 Å². The molecule has 0 radical (unpaired) electrons. The first-order chi connectivity index (χ1) is 2.77. The minimum absolute atomic E-state index is 0.292. The zero-order valence-electron chi connectivity index (χ0n) is 3.26. The fourth-order valence-corrected chi connectivity index (χ4v) is 0.949. The molecule has 0 aliphatic carbocycles. The summed E-state index contributed by atoms with van der Waals surface area (Å²) in [6, 6.07) is 0. The minimum atomic E-state index is -2.12. The van der Waals surface area contributed by atoms with Crippen LogP contribution in [0.4, 0.5) is 0 Å². The Morgan fingerprint density at radius 3 is 2.00 bits per heavy atom. The molecule has 0 N–H and O–H groups in total. The molecule has 36 valence electrons. The van der Waals surface area contributed by atoms with Crippen LogP contribution in [0, 0.1) is 0 Å². The highest BCUT2D eigenvalue weighted by molar-refractivity contribution is 7.32. The molecule has 0 aromatic heterocycles. The lowest BCUT2D eigenvalue weighted by molar-refractivity contribution is 0.516. The third-order valence-corrected chi connectivity index (χ3v) is 1.71. The van der Waals surface area contributed by atoms with E-state index in [2.05, 4.69) is 9.24 Å². The van der Waals surface area contributed by atoms with E-state index in [1.165, 1.54) is 0 Å². The van der Waals surface area contributed by atoms with Crippen LogP contribution in [0.1, 0.15) is 0 Å².